The molecule has 0 radical (unpaired) electrons. The van der Waals surface area contributed by atoms with Gasteiger partial charge in [0.25, 0.3) is 5.89 Å². The van der Waals surface area contributed by atoms with Gasteiger partial charge in [-0.2, -0.15) is 16.7 Å². The van der Waals surface area contributed by atoms with Gasteiger partial charge < -0.3 is 9.63 Å². The topological polar surface area (TPSA) is 59.2 Å². The van der Waals surface area contributed by atoms with Crippen LogP contribution < -0.4 is 0 Å². The van der Waals surface area contributed by atoms with Gasteiger partial charge in [-0.1, -0.05) is 12.1 Å². The molecule has 5 heteroatoms. The van der Waals surface area contributed by atoms with Crippen LogP contribution in [0.1, 0.15) is 38.1 Å². The number of aromatic nitrogens is 2. The van der Waals surface area contributed by atoms with E-state index in [1.165, 1.54) is 0 Å². The SMILES string of the molecule is CCCSCc1noc([C@H](C)O)n1. The third-order valence-corrected chi connectivity index (χ3v) is 2.58. The summed E-state index contributed by atoms with van der Waals surface area (Å²) >= 11 is 1.76. The minimum absolute atomic E-state index is 0.298. The van der Waals surface area contributed by atoms with Gasteiger partial charge >= 0.3 is 0 Å². The fraction of sp³-hybridized carbons (Fsp3) is 0.750. The van der Waals surface area contributed by atoms with Crippen LogP contribution in [0.3, 0.4) is 0 Å². The maximum Gasteiger partial charge on any atom is 0.255 e. The Morgan fingerprint density at radius 3 is 2.92 bits per heavy atom. The second-order valence-electron chi connectivity index (χ2n) is 2.78. The monoisotopic (exact) mass is 202 g/mol. The van der Waals surface area contributed by atoms with Crippen LogP contribution >= 0.6 is 11.8 Å². The number of thioether (sulfide) groups is 1. The summed E-state index contributed by atoms with van der Waals surface area (Å²) in [4.78, 5) is 4.03. The molecule has 4 nitrogen and oxygen atoms in total. The van der Waals surface area contributed by atoms with E-state index >= 15 is 0 Å². The molecule has 0 aliphatic rings. The van der Waals surface area contributed by atoms with Crippen LogP contribution in [-0.4, -0.2) is 21.0 Å². The zero-order valence-corrected chi connectivity index (χ0v) is 8.67. The van der Waals surface area contributed by atoms with E-state index in [9.17, 15) is 0 Å². The zero-order valence-electron chi connectivity index (χ0n) is 7.86. The second kappa shape index (κ2) is 5.24. The molecule has 1 aromatic heterocycles. The molecule has 0 aliphatic carbocycles. The van der Waals surface area contributed by atoms with Crippen LogP contribution in [0.5, 0.6) is 0 Å². The fourth-order valence-corrected chi connectivity index (χ4v) is 1.54. The number of aliphatic hydroxyl groups excluding tert-OH is 1. The molecule has 74 valence electrons. The Morgan fingerprint density at radius 1 is 1.62 bits per heavy atom. The summed E-state index contributed by atoms with van der Waals surface area (Å²) in [5, 5.41) is 12.8. The van der Waals surface area contributed by atoms with Crippen LogP contribution in [0.25, 0.3) is 0 Å². The van der Waals surface area contributed by atoms with Crippen LogP contribution in [-0.2, 0) is 5.75 Å². The molecule has 1 atom stereocenters. The van der Waals surface area contributed by atoms with E-state index in [1.807, 2.05) is 0 Å². The molecule has 0 fully saturated rings. The summed E-state index contributed by atoms with van der Waals surface area (Å²) in [6, 6.07) is 0. The van der Waals surface area contributed by atoms with E-state index in [0.717, 1.165) is 17.9 Å². The first-order chi connectivity index (χ1) is 6.24. The molecule has 0 spiro atoms. The van der Waals surface area contributed by atoms with E-state index in [-0.39, 0.29) is 0 Å². The summed E-state index contributed by atoms with van der Waals surface area (Å²) < 4.78 is 4.83. The highest BCUT2D eigenvalue weighted by Gasteiger charge is 2.10. The Bertz CT molecular complexity index is 250. The highest BCUT2D eigenvalue weighted by atomic mass is 32.2. The van der Waals surface area contributed by atoms with Gasteiger partial charge in [0.2, 0.25) is 0 Å². The molecule has 13 heavy (non-hydrogen) atoms. The quantitative estimate of drug-likeness (QED) is 0.737. The first-order valence-corrected chi connectivity index (χ1v) is 5.47. The number of rotatable bonds is 5. The average molecular weight is 202 g/mol. The molecule has 0 aromatic carbocycles. The lowest BCUT2D eigenvalue weighted by Crippen LogP contribution is -1.91. The average Bonchev–Trinajstić information content (AvgIpc) is 2.53. The van der Waals surface area contributed by atoms with Crippen molar-refractivity contribution in [2.24, 2.45) is 0 Å². The smallest absolute Gasteiger partial charge is 0.255 e. The highest BCUT2D eigenvalue weighted by Crippen LogP contribution is 2.13. The predicted octanol–water partition coefficient (Wildman–Crippen LogP) is 1.77. The number of hydrogen-bond donors (Lipinski definition) is 1. The number of aliphatic hydroxyl groups is 1. The molecule has 0 aliphatic heterocycles. The van der Waals surface area contributed by atoms with Crippen molar-refractivity contribution in [2.75, 3.05) is 5.75 Å². The molecular weight excluding hydrogens is 188 g/mol. The van der Waals surface area contributed by atoms with Gasteiger partial charge in [0.15, 0.2) is 5.82 Å². The Hall–Kier alpha value is -0.550. The molecule has 1 rings (SSSR count). The predicted molar refractivity (Wildman–Crippen MR) is 51.4 cm³/mol. The van der Waals surface area contributed by atoms with Gasteiger partial charge in [-0.3, -0.25) is 0 Å². The van der Waals surface area contributed by atoms with E-state index < -0.39 is 6.10 Å². The lowest BCUT2D eigenvalue weighted by Gasteiger charge is -1.93. The molecule has 1 heterocycles. The summed E-state index contributed by atoms with van der Waals surface area (Å²) in [6.07, 6.45) is 0.476. The highest BCUT2D eigenvalue weighted by molar-refractivity contribution is 7.98. The largest absolute Gasteiger partial charge is 0.384 e. The molecule has 0 unspecified atom stereocenters. The van der Waals surface area contributed by atoms with Crippen LogP contribution in [0.2, 0.25) is 0 Å². The Balaban J connectivity index is 2.40. The normalized spacial score (nSPS) is 13.2. The second-order valence-corrected chi connectivity index (χ2v) is 3.88. The standard InChI is InChI=1S/C8H14N2O2S/c1-3-4-13-5-7-9-8(6(2)11)12-10-7/h6,11H,3-5H2,1-2H3/t6-/m0/s1. The van der Waals surface area contributed by atoms with Crippen molar-refractivity contribution in [3.8, 4) is 0 Å². The molecule has 0 saturated heterocycles. The lowest BCUT2D eigenvalue weighted by molar-refractivity contribution is 0.151. The molecule has 1 N–H and O–H groups in total. The first kappa shape index (κ1) is 10.5. The van der Waals surface area contributed by atoms with E-state index in [2.05, 4.69) is 17.1 Å². The van der Waals surface area contributed by atoms with E-state index in [4.69, 9.17) is 9.63 Å². The Kier molecular flexibility index (Phi) is 4.24. The van der Waals surface area contributed by atoms with Gasteiger partial charge in [-0.15, -0.1) is 0 Å². The third-order valence-electron chi connectivity index (χ3n) is 1.42. The van der Waals surface area contributed by atoms with Crippen LogP contribution in [0, 0.1) is 0 Å². The van der Waals surface area contributed by atoms with Gasteiger partial charge in [0.1, 0.15) is 6.10 Å². The minimum Gasteiger partial charge on any atom is -0.384 e. The third kappa shape index (κ3) is 3.36. The Labute approximate surface area is 81.7 Å². The summed E-state index contributed by atoms with van der Waals surface area (Å²) in [7, 11) is 0. The molecule has 1 aromatic rings. The van der Waals surface area contributed by atoms with Crippen molar-refractivity contribution < 1.29 is 9.63 Å². The minimum atomic E-state index is -0.669. The van der Waals surface area contributed by atoms with Crippen molar-refractivity contribution in [1.29, 1.82) is 0 Å². The summed E-state index contributed by atoms with van der Waals surface area (Å²) in [6.45, 7) is 3.74. The van der Waals surface area contributed by atoms with Crippen molar-refractivity contribution >= 4 is 11.8 Å². The lowest BCUT2D eigenvalue weighted by atomic mass is 10.4. The van der Waals surface area contributed by atoms with Crippen molar-refractivity contribution in [3.05, 3.63) is 11.7 Å². The zero-order chi connectivity index (χ0) is 9.68. The number of nitrogens with zero attached hydrogens (tertiary/aromatic N) is 2. The van der Waals surface area contributed by atoms with E-state index in [0.29, 0.717) is 11.7 Å². The number of hydrogen-bond acceptors (Lipinski definition) is 5. The van der Waals surface area contributed by atoms with Crippen molar-refractivity contribution in [2.45, 2.75) is 32.1 Å². The van der Waals surface area contributed by atoms with Crippen molar-refractivity contribution in [1.82, 2.24) is 10.1 Å². The first-order valence-electron chi connectivity index (χ1n) is 4.32. The molecule has 0 bridgehead atoms. The van der Waals surface area contributed by atoms with Gasteiger partial charge in [-0.25, -0.2) is 0 Å². The maximum absolute atomic E-state index is 9.11. The fourth-order valence-electron chi connectivity index (χ4n) is 0.804. The van der Waals surface area contributed by atoms with Crippen LogP contribution in [0.4, 0.5) is 0 Å². The Morgan fingerprint density at radius 2 is 2.38 bits per heavy atom. The molecular formula is C8H14N2O2S. The molecule has 0 saturated carbocycles. The van der Waals surface area contributed by atoms with Crippen LogP contribution in [0.15, 0.2) is 4.52 Å². The maximum atomic E-state index is 9.11. The summed E-state index contributed by atoms with van der Waals surface area (Å²) in [5.41, 5.74) is 0. The van der Waals surface area contributed by atoms with Gasteiger partial charge in [0.05, 0.1) is 5.75 Å². The van der Waals surface area contributed by atoms with Gasteiger partial charge in [-0.05, 0) is 19.1 Å². The van der Waals surface area contributed by atoms with Crippen molar-refractivity contribution in [3.63, 3.8) is 0 Å². The summed E-state index contributed by atoms with van der Waals surface area (Å²) in [5.74, 6) is 2.81. The van der Waals surface area contributed by atoms with E-state index in [1.54, 1.807) is 18.7 Å². The molecule has 0 amide bonds. The van der Waals surface area contributed by atoms with Gasteiger partial charge in [0, 0.05) is 0 Å².